The average molecular weight is 792 g/mol. The molecule has 0 aliphatic heterocycles. The molecule has 2 aromatic rings. The number of nitrogens with zero attached hydrogens (tertiary/aromatic N) is 1. The number of hydrogen-bond donors (Lipinski definition) is 2. The Hall–Kier alpha value is -3.62. The third-order valence-electron chi connectivity index (χ3n) is 18.4. The Balaban J connectivity index is 1.08. The third kappa shape index (κ3) is 5.51. The molecule has 0 radical (unpaired) electrons. The van der Waals surface area contributed by atoms with Crippen LogP contribution in [0.5, 0.6) is 17.2 Å². The summed E-state index contributed by atoms with van der Waals surface area (Å²) >= 11 is 0. The molecule has 11 atom stereocenters. The maximum absolute atomic E-state index is 15.0. The predicted octanol–water partition coefficient (Wildman–Crippen LogP) is 8.63. The minimum Gasteiger partial charge on any atom is -0.497 e. The van der Waals surface area contributed by atoms with Crippen molar-refractivity contribution in [3.8, 4) is 17.2 Å². The van der Waals surface area contributed by atoms with Crippen molar-refractivity contribution < 1.29 is 34.0 Å². The van der Waals surface area contributed by atoms with E-state index in [1.165, 1.54) is 12.8 Å². The molecule has 4 bridgehead atoms. The highest BCUT2D eigenvalue weighted by Gasteiger charge is 2.74. The Kier molecular flexibility index (Phi) is 9.41. The molecule has 8 nitrogen and oxygen atoms in total. The topological polar surface area (TPSA) is 106 Å². The Morgan fingerprint density at radius 2 is 1.52 bits per heavy atom. The standard InChI is InChI=1S/C50H65NO7/c1-45(2)34-12-9-33(37(45)26-34)29-51(43(53)25-31-8-15-39(57-6)40(24-31)58-7)30-49(55)21-18-42-47(49,4)20-17-41-46(3)19-16-35(52)27-48(46)22-23-50(41,42)38(28-48)44(54)32-10-13-36(56-5)14-11-32/h8,10-11,13-15,22-24,28,33-35,37,41-42,52,55H,9,12,16-21,25-27,29-30H2,1-7H3/t33-,34-,35?,37-,41+,42+,46+,47-,48-,49+,50+/m0/s1. The second kappa shape index (κ2) is 13.7. The van der Waals surface area contributed by atoms with E-state index in [9.17, 15) is 15.0 Å². The lowest BCUT2D eigenvalue weighted by molar-refractivity contribution is -0.180. The molecule has 9 aliphatic rings. The highest BCUT2D eigenvalue weighted by molar-refractivity contribution is 6.10. The van der Waals surface area contributed by atoms with E-state index in [2.05, 4.69) is 45.9 Å². The van der Waals surface area contributed by atoms with Crippen molar-refractivity contribution in [1.29, 1.82) is 0 Å². The summed E-state index contributed by atoms with van der Waals surface area (Å²) in [7, 11) is 4.87. The first kappa shape index (κ1) is 39.8. The summed E-state index contributed by atoms with van der Waals surface area (Å²) in [6.45, 7) is 10.4. The number of aliphatic hydroxyl groups is 2. The number of allylic oxidation sites excluding steroid dienone is 4. The number of fused-ring (bicyclic) bond motifs is 3. The molecule has 1 amide bonds. The lowest BCUT2D eigenvalue weighted by Gasteiger charge is -2.71. The lowest BCUT2D eigenvalue weighted by Crippen LogP contribution is -2.67. The molecule has 58 heavy (non-hydrogen) atoms. The molecule has 8 heteroatoms. The van der Waals surface area contributed by atoms with Gasteiger partial charge in [-0.25, -0.2) is 0 Å². The maximum Gasteiger partial charge on any atom is 0.227 e. The van der Waals surface area contributed by atoms with Crippen LogP contribution in [0.3, 0.4) is 0 Å². The van der Waals surface area contributed by atoms with Crippen LogP contribution in [0.1, 0.15) is 108 Å². The Morgan fingerprint density at radius 3 is 2.21 bits per heavy atom. The van der Waals surface area contributed by atoms with E-state index in [1.807, 2.05) is 47.4 Å². The van der Waals surface area contributed by atoms with Crippen LogP contribution < -0.4 is 14.2 Å². The van der Waals surface area contributed by atoms with E-state index in [0.29, 0.717) is 54.0 Å². The quantitative estimate of drug-likeness (QED) is 0.174. The molecule has 6 saturated carbocycles. The van der Waals surface area contributed by atoms with Crippen LogP contribution in [0.2, 0.25) is 0 Å². The summed E-state index contributed by atoms with van der Waals surface area (Å²) in [6.07, 6.45) is 15.7. The minimum atomic E-state index is -1.14. The van der Waals surface area contributed by atoms with Gasteiger partial charge >= 0.3 is 0 Å². The fourth-order valence-electron chi connectivity index (χ4n) is 14.8. The van der Waals surface area contributed by atoms with Gasteiger partial charge < -0.3 is 29.3 Å². The Morgan fingerprint density at radius 1 is 0.810 bits per heavy atom. The Labute approximate surface area is 345 Å². The van der Waals surface area contributed by atoms with Crippen molar-refractivity contribution in [3.05, 3.63) is 77.4 Å². The van der Waals surface area contributed by atoms with Crippen molar-refractivity contribution in [3.63, 3.8) is 0 Å². The molecular formula is C50H65NO7. The molecule has 6 fully saturated rings. The number of rotatable bonds is 11. The molecule has 2 aromatic carbocycles. The Bertz CT molecular complexity index is 2040. The highest BCUT2D eigenvalue weighted by Crippen LogP contribution is 2.78. The van der Waals surface area contributed by atoms with E-state index in [1.54, 1.807) is 21.3 Å². The van der Waals surface area contributed by atoms with Crippen molar-refractivity contribution in [2.45, 2.75) is 110 Å². The number of ether oxygens (including phenoxy) is 3. The zero-order valence-electron chi connectivity index (χ0n) is 35.8. The van der Waals surface area contributed by atoms with Gasteiger partial charge in [-0.05, 0) is 147 Å². The molecule has 312 valence electrons. The van der Waals surface area contributed by atoms with Crippen molar-refractivity contribution in [2.24, 2.45) is 56.7 Å². The number of carbonyl (C=O) groups is 2. The van der Waals surface area contributed by atoms with Gasteiger partial charge in [-0.1, -0.05) is 52.0 Å². The molecule has 1 unspecified atom stereocenters. The van der Waals surface area contributed by atoms with Crippen LogP contribution in [-0.2, 0) is 11.2 Å². The van der Waals surface area contributed by atoms with E-state index >= 15 is 4.79 Å². The summed E-state index contributed by atoms with van der Waals surface area (Å²) < 4.78 is 16.6. The fraction of sp³-hybridized carbons (Fsp3) is 0.640. The number of ketones is 1. The lowest BCUT2D eigenvalue weighted by atomic mass is 9.32. The molecule has 0 aromatic heterocycles. The zero-order valence-corrected chi connectivity index (χ0v) is 35.8. The summed E-state index contributed by atoms with van der Waals surface area (Å²) in [5, 5.41) is 24.6. The first-order valence-electron chi connectivity index (χ1n) is 22.1. The van der Waals surface area contributed by atoms with Gasteiger partial charge in [0, 0.05) is 40.5 Å². The van der Waals surface area contributed by atoms with Crippen molar-refractivity contribution in [1.82, 2.24) is 4.90 Å². The summed E-state index contributed by atoms with van der Waals surface area (Å²) in [5.74, 6) is 3.90. The van der Waals surface area contributed by atoms with Gasteiger partial charge in [-0.3, -0.25) is 9.59 Å². The second-order valence-electron chi connectivity index (χ2n) is 20.7. The van der Waals surface area contributed by atoms with Gasteiger partial charge in [0.1, 0.15) is 5.75 Å². The van der Waals surface area contributed by atoms with E-state index in [-0.39, 0.29) is 47.3 Å². The van der Waals surface area contributed by atoms with Crippen molar-refractivity contribution in [2.75, 3.05) is 34.4 Å². The monoisotopic (exact) mass is 791 g/mol. The van der Waals surface area contributed by atoms with E-state index in [4.69, 9.17) is 14.2 Å². The van der Waals surface area contributed by atoms with Gasteiger partial charge in [0.25, 0.3) is 0 Å². The van der Waals surface area contributed by atoms with Crippen LogP contribution in [0.25, 0.3) is 0 Å². The normalized spacial score (nSPS) is 40.0. The maximum atomic E-state index is 15.0. The predicted molar refractivity (Wildman–Crippen MR) is 224 cm³/mol. The van der Waals surface area contributed by atoms with Gasteiger partial charge in [0.15, 0.2) is 17.3 Å². The molecular weight excluding hydrogens is 727 g/mol. The fourth-order valence-corrected chi connectivity index (χ4v) is 14.8. The van der Waals surface area contributed by atoms with Crippen LogP contribution in [0.4, 0.5) is 0 Å². The summed E-state index contributed by atoms with van der Waals surface area (Å²) in [5.41, 5.74) is -0.193. The van der Waals surface area contributed by atoms with Crippen LogP contribution in [0.15, 0.2) is 66.3 Å². The molecule has 2 spiro atoms. The van der Waals surface area contributed by atoms with Crippen LogP contribution in [-0.4, -0.2) is 72.9 Å². The zero-order chi connectivity index (χ0) is 41.0. The van der Waals surface area contributed by atoms with Crippen LogP contribution in [0, 0.1) is 56.7 Å². The molecule has 0 heterocycles. The summed E-state index contributed by atoms with van der Waals surface area (Å²) in [6, 6.07) is 13.2. The number of methoxy groups -OCH3 is 3. The minimum absolute atomic E-state index is 0.000714. The van der Waals surface area contributed by atoms with Gasteiger partial charge in [0.2, 0.25) is 5.91 Å². The first-order chi connectivity index (χ1) is 27.6. The molecule has 11 rings (SSSR count). The van der Waals surface area contributed by atoms with Crippen molar-refractivity contribution >= 4 is 11.7 Å². The summed E-state index contributed by atoms with van der Waals surface area (Å²) in [4.78, 5) is 31.9. The molecule has 2 N–H and O–H groups in total. The third-order valence-corrected chi connectivity index (χ3v) is 18.4. The number of aliphatic hydroxyl groups excluding tert-OH is 1. The highest BCUT2D eigenvalue weighted by atomic mass is 16.5. The number of amides is 1. The largest absolute Gasteiger partial charge is 0.497 e. The number of hydrogen-bond acceptors (Lipinski definition) is 7. The molecule has 0 saturated heterocycles. The second-order valence-corrected chi connectivity index (χ2v) is 20.7. The van der Waals surface area contributed by atoms with E-state index < -0.39 is 27.9 Å². The van der Waals surface area contributed by atoms with Gasteiger partial charge in [-0.2, -0.15) is 0 Å². The first-order valence-corrected chi connectivity index (χ1v) is 22.1. The van der Waals surface area contributed by atoms with Gasteiger partial charge in [0.05, 0.1) is 39.5 Å². The smallest absolute Gasteiger partial charge is 0.227 e. The van der Waals surface area contributed by atoms with Gasteiger partial charge in [-0.15, -0.1) is 0 Å². The number of benzene rings is 2. The van der Waals surface area contributed by atoms with E-state index in [0.717, 1.165) is 55.6 Å². The number of carbonyl (C=O) groups excluding carboxylic acids is 2. The van der Waals surface area contributed by atoms with Crippen LogP contribution >= 0.6 is 0 Å². The molecule has 9 aliphatic carbocycles. The average Bonchev–Trinajstić information content (AvgIpc) is 3.49. The number of Topliss-reactive ketones (excluding diaryl/α,β-unsaturated/α-hetero) is 1. The SMILES string of the molecule is COc1ccc(C(=O)C2=C[C@@]34C=C[C@@]25[C@@H]2CC[C@@](O)(CN(C[C@@H]6CC[C@H]7C[C@@H]6C7(C)C)C(=O)Cc6ccc(OC)c(OC)c6)[C@@]2(C)CC[C@@H]5[C@@]3(C)CCC(O)C4)cc1.